The number of H-pyrrole nitrogens is 1. The van der Waals surface area contributed by atoms with Crippen LogP contribution in [0.2, 0.25) is 0 Å². The van der Waals surface area contributed by atoms with E-state index in [0.29, 0.717) is 11.1 Å². The van der Waals surface area contributed by atoms with Crippen LogP contribution in [0.4, 0.5) is 10.1 Å². The van der Waals surface area contributed by atoms with E-state index in [-0.39, 0.29) is 17.1 Å². The van der Waals surface area contributed by atoms with Gasteiger partial charge in [0.15, 0.2) is 5.82 Å². The van der Waals surface area contributed by atoms with Crippen molar-refractivity contribution >= 4 is 22.5 Å². The van der Waals surface area contributed by atoms with Crippen LogP contribution in [0.25, 0.3) is 10.9 Å². The number of para-hydroxylation sites is 1. The van der Waals surface area contributed by atoms with Crippen LogP contribution in [0, 0.1) is 5.82 Å². The first-order valence-electron chi connectivity index (χ1n) is 5.59. The molecule has 1 amide bonds. The molecule has 19 heavy (non-hydrogen) atoms. The highest BCUT2D eigenvalue weighted by atomic mass is 19.1. The van der Waals surface area contributed by atoms with Crippen LogP contribution >= 0.6 is 0 Å². The highest BCUT2D eigenvalue weighted by Crippen LogP contribution is 2.19. The summed E-state index contributed by atoms with van der Waals surface area (Å²) >= 11 is 0. The fourth-order valence-electron chi connectivity index (χ4n) is 1.81. The molecule has 0 atom stereocenters. The number of halogens is 1. The fourth-order valence-corrected chi connectivity index (χ4v) is 1.81. The number of anilines is 1. The third-order valence-electron chi connectivity index (χ3n) is 2.68. The number of amides is 1. The lowest BCUT2D eigenvalue weighted by Crippen LogP contribution is -2.12. The predicted molar refractivity (Wildman–Crippen MR) is 68.2 cm³/mol. The standard InChI is InChI=1S/C13H9FN4O/c14-10-5-1-4-9-11(10)17-18-12(9)13(19)16-8-3-2-6-15-7-8/h1-7H,(H,16,19)(H,17,18). The Morgan fingerprint density at radius 2 is 2.16 bits per heavy atom. The second kappa shape index (κ2) is 4.49. The van der Waals surface area contributed by atoms with Crippen molar-refractivity contribution in [1.82, 2.24) is 15.2 Å². The van der Waals surface area contributed by atoms with Crippen molar-refractivity contribution in [2.45, 2.75) is 0 Å². The topological polar surface area (TPSA) is 70.7 Å². The molecule has 1 aromatic carbocycles. The Morgan fingerprint density at radius 3 is 2.95 bits per heavy atom. The van der Waals surface area contributed by atoms with E-state index in [4.69, 9.17) is 0 Å². The monoisotopic (exact) mass is 256 g/mol. The van der Waals surface area contributed by atoms with E-state index in [1.54, 1.807) is 24.4 Å². The van der Waals surface area contributed by atoms with Gasteiger partial charge in [0, 0.05) is 11.6 Å². The van der Waals surface area contributed by atoms with E-state index in [2.05, 4.69) is 20.5 Å². The van der Waals surface area contributed by atoms with Crippen LogP contribution in [-0.4, -0.2) is 21.1 Å². The lowest BCUT2D eigenvalue weighted by atomic mass is 10.2. The molecule has 5 nitrogen and oxygen atoms in total. The first-order valence-corrected chi connectivity index (χ1v) is 5.59. The lowest BCUT2D eigenvalue weighted by molar-refractivity contribution is 0.102. The Bertz CT molecular complexity index is 739. The summed E-state index contributed by atoms with van der Waals surface area (Å²) in [5.41, 5.74) is 0.934. The number of pyridine rings is 1. The number of hydrogen-bond donors (Lipinski definition) is 2. The molecule has 0 radical (unpaired) electrons. The van der Waals surface area contributed by atoms with E-state index in [1.165, 1.54) is 18.3 Å². The van der Waals surface area contributed by atoms with Gasteiger partial charge in [-0.25, -0.2) is 4.39 Å². The van der Waals surface area contributed by atoms with Gasteiger partial charge in [-0.3, -0.25) is 14.9 Å². The van der Waals surface area contributed by atoms with Crippen molar-refractivity contribution in [2.75, 3.05) is 5.32 Å². The first kappa shape index (κ1) is 11.3. The molecule has 0 aliphatic carbocycles. The van der Waals surface area contributed by atoms with E-state index in [9.17, 15) is 9.18 Å². The van der Waals surface area contributed by atoms with Gasteiger partial charge in [0.25, 0.3) is 5.91 Å². The average Bonchev–Trinajstić information content (AvgIpc) is 2.85. The van der Waals surface area contributed by atoms with Gasteiger partial charge in [0.2, 0.25) is 0 Å². The van der Waals surface area contributed by atoms with Gasteiger partial charge >= 0.3 is 0 Å². The second-order valence-electron chi connectivity index (χ2n) is 3.93. The Morgan fingerprint density at radius 1 is 1.26 bits per heavy atom. The largest absolute Gasteiger partial charge is 0.319 e. The third-order valence-corrected chi connectivity index (χ3v) is 2.68. The van der Waals surface area contributed by atoms with Crippen LogP contribution in [-0.2, 0) is 0 Å². The van der Waals surface area contributed by atoms with Crippen molar-refractivity contribution in [1.29, 1.82) is 0 Å². The smallest absolute Gasteiger partial charge is 0.274 e. The molecule has 0 aliphatic rings. The Kier molecular flexibility index (Phi) is 2.68. The molecule has 6 heteroatoms. The third kappa shape index (κ3) is 2.03. The van der Waals surface area contributed by atoms with E-state index < -0.39 is 5.82 Å². The van der Waals surface area contributed by atoms with Crippen LogP contribution in [0.3, 0.4) is 0 Å². The maximum absolute atomic E-state index is 13.5. The molecular formula is C13H9FN4O. The van der Waals surface area contributed by atoms with Gasteiger partial charge < -0.3 is 5.32 Å². The number of aromatic nitrogens is 3. The van der Waals surface area contributed by atoms with Gasteiger partial charge in [-0.1, -0.05) is 12.1 Å². The number of nitrogens with zero attached hydrogens (tertiary/aromatic N) is 2. The second-order valence-corrected chi connectivity index (χ2v) is 3.93. The average molecular weight is 256 g/mol. The molecule has 3 rings (SSSR count). The summed E-state index contributed by atoms with van der Waals surface area (Å²) in [4.78, 5) is 16.0. The van der Waals surface area contributed by atoms with Gasteiger partial charge in [0.1, 0.15) is 11.2 Å². The zero-order valence-corrected chi connectivity index (χ0v) is 9.72. The molecular weight excluding hydrogens is 247 g/mol. The summed E-state index contributed by atoms with van der Waals surface area (Å²) in [5.74, 6) is -0.852. The highest BCUT2D eigenvalue weighted by molar-refractivity contribution is 6.11. The van der Waals surface area contributed by atoms with E-state index >= 15 is 0 Å². The maximum Gasteiger partial charge on any atom is 0.274 e. The number of fused-ring (bicyclic) bond motifs is 1. The molecule has 0 aliphatic heterocycles. The summed E-state index contributed by atoms with van der Waals surface area (Å²) in [7, 11) is 0. The number of nitrogens with one attached hydrogen (secondary N) is 2. The molecule has 0 unspecified atom stereocenters. The molecule has 0 bridgehead atoms. The minimum absolute atomic E-state index is 0.152. The zero-order valence-electron chi connectivity index (χ0n) is 9.72. The highest BCUT2D eigenvalue weighted by Gasteiger charge is 2.15. The van der Waals surface area contributed by atoms with Gasteiger partial charge in [0.05, 0.1) is 11.9 Å². The van der Waals surface area contributed by atoms with Gasteiger partial charge in [-0.15, -0.1) is 0 Å². The minimum atomic E-state index is -0.464. The summed E-state index contributed by atoms with van der Waals surface area (Å²) in [6.45, 7) is 0. The molecule has 94 valence electrons. The van der Waals surface area contributed by atoms with E-state index in [1.807, 2.05) is 0 Å². The Hall–Kier alpha value is -2.76. The number of aromatic amines is 1. The number of rotatable bonds is 2. The fraction of sp³-hybridized carbons (Fsp3) is 0. The summed E-state index contributed by atoms with van der Waals surface area (Å²) < 4.78 is 13.5. The van der Waals surface area contributed by atoms with Crippen molar-refractivity contribution in [2.24, 2.45) is 0 Å². The quantitative estimate of drug-likeness (QED) is 0.739. The molecule has 0 saturated heterocycles. The zero-order chi connectivity index (χ0) is 13.2. The number of benzene rings is 1. The maximum atomic E-state index is 13.5. The Balaban J connectivity index is 1.96. The van der Waals surface area contributed by atoms with Crippen LogP contribution < -0.4 is 5.32 Å². The predicted octanol–water partition coefficient (Wildman–Crippen LogP) is 2.35. The van der Waals surface area contributed by atoms with Crippen molar-refractivity contribution < 1.29 is 9.18 Å². The molecule has 0 saturated carbocycles. The number of carbonyl (C=O) groups is 1. The molecule has 0 spiro atoms. The summed E-state index contributed by atoms with van der Waals surface area (Å²) in [5, 5.41) is 9.46. The van der Waals surface area contributed by atoms with Crippen LogP contribution in [0.5, 0.6) is 0 Å². The SMILES string of the molecule is O=C(Nc1cccnc1)c1[nH]nc2c(F)cccc12. The lowest BCUT2D eigenvalue weighted by Gasteiger charge is -2.02. The van der Waals surface area contributed by atoms with E-state index in [0.717, 1.165) is 0 Å². The number of hydrogen-bond acceptors (Lipinski definition) is 3. The summed E-state index contributed by atoms with van der Waals surface area (Å²) in [6, 6.07) is 7.89. The van der Waals surface area contributed by atoms with Crippen molar-refractivity contribution in [3.05, 3.63) is 54.2 Å². The molecule has 0 fully saturated rings. The molecule has 2 aromatic heterocycles. The molecule has 3 aromatic rings. The van der Waals surface area contributed by atoms with Crippen LogP contribution in [0.15, 0.2) is 42.7 Å². The summed E-state index contributed by atoms with van der Waals surface area (Å²) in [6.07, 6.45) is 3.13. The van der Waals surface area contributed by atoms with Crippen molar-refractivity contribution in [3.8, 4) is 0 Å². The van der Waals surface area contributed by atoms with Gasteiger partial charge in [-0.2, -0.15) is 5.10 Å². The molecule has 2 heterocycles. The minimum Gasteiger partial charge on any atom is -0.319 e. The van der Waals surface area contributed by atoms with Crippen LogP contribution in [0.1, 0.15) is 10.5 Å². The van der Waals surface area contributed by atoms with Crippen molar-refractivity contribution in [3.63, 3.8) is 0 Å². The Labute approximate surface area is 107 Å². The first-order chi connectivity index (χ1) is 9.25. The molecule has 2 N–H and O–H groups in total. The van der Waals surface area contributed by atoms with Gasteiger partial charge in [-0.05, 0) is 18.2 Å². The normalized spacial score (nSPS) is 10.6. The number of carbonyl (C=O) groups excluding carboxylic acids is 1.